The average Bonchev–Trinajstić information content (AvgIpc) is 2.81. The Morgan fingerprint density at radius 1 is 1.50 bits per heavy atom. The number of H-pyrrole nitrogens is 1. The number of aromatic nitrogens is 2. The zero-order valence-corrected chi connectivity index (χ0v) is 12.7. The van der Waals surface area contributed by atoms with E-state index in [9.17, 15) is 4.79 Å². The molecule has 1 aromatic heterocycles. The van der Waals surface area contributed by atoms with Crippen LogP contribution in [0.15, 0.2) is 0 Å². The molecule has 0 aliphatic heterocycles. The number of amides is 1. The van der Waals surface area contributed by atoms with Crippen molar-refractivity contribution in [1.82, 2.24) is 15.5 Å². The average molecular weight is 278 g/mol. The van der Waals surface area contributed by atoms with E-state index in [1.165, 1.54) is 19.3 Å². The summed E-state index contributed by atoms with van der Waals surface area (Å²) >= 11 is 0. The molecule has 1 aliphatic rings. The zero-order valence-electron chi connectivity index (χ0n) is 12.7. The van der Waals surface area contributed by atoms with Crippen LogP contribution in [0.2, 0.25) is 0 Å². The van der Waals surface area contributed by atoms with Crippen molar-refractivity contribution in [1.29, 1.82) is 0 Å². The second kappa shape index (κ2) is 6.29. The smallest absolute Gasteiger partial charge is 0.274 e. The van der Waals surface area contributed by atoms with Crippen LogP contribution in [0.1, 0.15) is 75.0 Å². The van der Waals surface area contributed by atoms with Crippen LogP contribution in [0.25, 0.3) is 0 Å². The highest BCUT2D eigenvalue weighted by Gasteiger charge is 2.25. The molecule has 5 heteroatoms. The van der Waals surface area contributed by atoms with Crippen molar-refractivity contribution in [2.45, 2.75) is 64.8 Å². The highest BCUT2D eigenvalue weighted by Crippen LogP contribution is 2.27. The fourth-order valence-electron chi connectivity index (χ4n) is 3.02. The van der Waals surface area contributed by atoms with Gasteiger partial charge in [0.05, 0.1) is 11.4 Å². The molecule has 0 spiro atoms. The van der Waals surface area contributed by atoms with Gasteiger partial charge in [0.1, 0.15) is 0 Å². The predicted octanol–water partition coefficient (Wildman–Crippen LogP) is 2.81. The van der Waals surface area contributed by atoms with Crippen molar-refractivity contribution in [3.63, 3.8) is 0 Å². The summed E-state index contributed by atoms with van der Waals surface area (Å²) in [4.78, 5) is 12.3. The lowest BCUT2D eigenvalue weighted by Crippen LogP contribution is -2.38. The zero-order chi connectivity index (χ0) is 14.7. The minimum absolute atomic E-state index is 0.146. The third-order valence-electron chi connectivity index (χ3n) is 4.32. The first kappa shape index (κ1) is 14.9. The van der Waals surface area contributed by atoms with E-state index >= 15 is 0 Å². The minimum Gasteiger partial charge on any atom is -0.395 e. The highest BCUT2D eigenvalue weighted by atomic mass is 16.2. The fraction of sp³-hybridized carbons (Fsp3) is 0.733. The summed E-state index contributed by atoms with van der Waals surface area (Å²) in [6.45, 7) is 6.27. The molecule has 0 saturated heterocycles. The van der Waals surface area contributed by atoms with E-state index in [4.69, 9.17) is 5.73 Å². The van der Waals surface area contributed by atoms with Gasteiger partial charge >= 0.3 is 0 Å². The third kappa shape index (κ3) is 3.14. The van der Waals surface area contributed by atoms with Crippen LogP contribution in [0, 0.1) is 5.92 Å². The maximum absolute atomic E-state index is 12.3. The summed E-state index contributed by atoms with van der Waals surface area (Å²) in [6, 6.07) is 0.264. The van der Waals surface area contributed by atoms with Crippen LogP contribution >= 0.6 is 0 Å². The first-order valence-electron chi connectivity index (χ1n) is 7.67. The molecule has 2 rings (SSSR count). The second-order valence-electron chi connectivity index (χ2n) is 6.17. The number of rotatable bonds is 4. The van der Waals surface area contributed by atoms with Crippen molar-refractivity contribution in [3.05, 3.63) is 11.4 Å². The molecule has 0 bridgehead atoms. The molecular weight excluding hydrogens is 252 g/mol. The lowest BCUT2D eigenvalue weighted by molar-refractivity contribution is 0.0915. The van der Waals surface area contributed by atoms with E-state index < -0.39 is 0 Å². The molecule has 20 heavy (non-hydrogen) atoms. The van der Waals surface area contributed by atoms with Gasteiger partial charge in [-0.3, -0.25) is 9.89 Å². The molecule has 2 unspecified atom stereocenters. The van der Waals surface area contributed by atoms with Gasteiger partial charge in [-0.05, 0) is 24.7 Å². The number of carbonyl (C=O) groups is 1. The van der Waals surface area contributed by atoms with Crippen molar-refractivity contribution in [2.24, 2.45) is 5.92 Å². The molecule has 4 N–H and O–H groups in total. The number of anilines is 1. The SMILES string of the molecule is CCC1CCCC(NC(=O)c2n[nH]c(C(C)C)c2N)C1. The van der Waals surface area contributed by atoms with Crippen LogP contribution < -0.4 is 11.1 Å². The van der Waals surface area contributed by atoms with E-state index in [1.807, 2.05) is 13.8 Å². The van der Waals surface area contributed by atoms with E-state index in [0.717, 1.165) is 24.5 Å². The first-order valence-corrected chi connectivity index (χ1v) is 7.67. The number of nitrogen functional groups attached to an aromatic ring is 1. The normalized spacial score (nSPS) is 23.0. The van der Waals surface area contributed by atoms with Gasteiger partial charge in [-0.1, -0.05) is 40.0 Å². The lowest BCUT2D eigenvalue weighted by Gasteiger charge is -2.28. The summed E-state index contributed by atoms with van der Waals surface area (Å²) < 4.78 is 0. The molecule has 1 heterocycles. The molecule has 1 aromatic rings. The molecule has 1 saturated carbocycles. The summed E-state index contributed by atoms with van der Waals surface area (Å²) in [6.07, 6.45) is 5.79. The Morgan fingerprint density at radius 2 is 2.25 bits per heavy atom. The van der Waals surface area contributed by atoms with Crippen molar-refractivity contribution in [2.75, 3.05) is 5.73 Å². The minimum atomic E-state index is -0.146. The Morgan fingerprint density at radius 3 is 2.85 bits per heavy atom. The molecule has 5 nitrogen and oxygen atoms in total. The predicted molar refractivity (Wildman–Crippen MR) is 80.6 cm³/mol. The quantitative estimate of drug-likeness (QED) is 0.791. The maximum atomic E-state index is 12.3. The second-order valence-corrected chi connectivity index (χ2v) is 6.17. The summed E-state index contributed by atoms with van der Waals surface area (Å²) in [7, 11) is 0. The third-order valence-corrected chi connectivity index (χ3v) is 4.32. The Kier molecular flexibility index (Phi) is 4.68. The van der Waals surface area contributed by atoms with Gasteiger partial charge in [-0.25, -0.2) is 0 Å². The Bertz CT molecular complexity index is 466. The van der Waals surface area contributed by atoms with Gasteiger partial charge in [-0.2, -0.15) is 5.10 Å². The number of hydrogen-bond donors (Lipinski definition) is 3. The Labute approximate surface area is 120 Å². The van der Waals surface area contributed by atoms with Crippen LogP contribution in [-0.2, 0) is 0 Å². The van der Waals surface area contributed by atoms with Crippen LogP contribution in [0.3, 0.4) is 0 Å². The molecule has 1 fully saturated rings. The Hall–Kier alpha value is -1.52. The topological polar surface area (TPSA) is 83.8 Å². The number of nitrogens with zero attached hydrogens (tertiary/aromatic N) is 1. The van der Waals surface area contributed by atoms with E-state index in [1.54, 1.807) is 0 Å². The molecule has 112 valence electrons. The standard InChI is InChI=1S/C15H26N4O/c1-4-10-6-5-7-11(8-10)17-15(20)14-12(16)13(9(2)3)18-19-14/h9-11H,4-8,16H2,1-3H3,(H,17,20)(H,18,19). The number of nitrogens with one attached hydrogen (secondary N) is 2. The summed E-state index contributed by atoms with van der Waals surface area (Å²) in [5, 5.41) is 10.0. The molecule has 1 aliphatic carbocycles. The van der Waals surface area contributed by atoms with Crippen molar-refractivity contribution < 1.29 is 4.79 Å². The van der Waals surface area contributed by atoms with E-state index in [-0.39, 0.29) is 17.9 Å². The number of hydrogen-bond acceptors (Lipinski definition) is 3. The van der Waals surface area contributed by atoms with Crippen LogP contribution in [0.4, 0.5) is 5.69 Å². The van der Waals surface area contributed by atoms with Gasteiger partial charge < -0.3 is 11.1 Å². The fourth-order valence-corrected chi connectivity index (χ4v) is 3.02. The van der Waals surface area contributed by atoms with Gasteiger partial charge in [0, 0.05) is 6.04 Å². The van der Waals surface area contributed by atoms with E-state index in [0.29, 0.717) is 11.4 Å². The largest absolute Gasteiger partial charge is 0.395 e. The number of nitrogens with two attached hydrogens (primary N) is 1. The summed E-state index contributed by atoms with van der Waals surface area (Å²) in [5.74, 6) is 0.826. The van der Waals surface area contributed by atoms with Crippen molar-refractivity contribution in [3.8, 4) is 0 Å². The van der Waals surface area contributed by atoms with Crippen LogP contribution in [0.5, 0.6) is 0 Å². The van der Waals surface area contributed by atoms with Gasteiger partial charge in [0.2, 0.25) is 0 Å². The number of aromatic amines is 1. The van der Waals surface area contributed by atoms with Gasteiger partial charge in [-0.15, -0.1) is 0 Å². The maximum Gasteiger partial charge on any atom is 0.274 e. The first-order chi connectivity index (χ1) is 9.52. The lowest BCUT2D eigenvalue weighted by atomic mass is 9.84. The Balaban J connectivity index is 2.01. The molecule has 0 radical (unpaired) electrons. The monoisotopic (exact) mass is 278 g/mol. The van der Waals surface area contributed by atoms with E-state index in [2.05, 4.69) is 22.4 Å². The highest BCUT2D eigenvalue weighted by molar-refractivity contribution is 5.97. The molecule has 2 atom stereocenters. The number of carbonyl (C=O) groups excluding carboxylic acids is 1. The molecule has 0 aromatic carbocycles. The van der Waals surface area contributed by atoms with Gasteiger partial charge in [0.25, 0.3) is 5.91 Å². The van der Waals surface area contributed by atoms with Crippen molar-refractivity contribution >= 4 is 11.6 Å². The summed E-state index contributed by atoms with van der Waals surface area (Å²) in [5.41, 5.74) is 7.67. The van der Waals surface area contributed by atoms with Crippen LogP contribution in [-0.4, -0.2) is 22.1 Å². The molecular formula is C15H26N4O. The molecule has 1 amide bonds. The van der Waals surface area contributed by atoms with Gasteiger partial charge in [0.15, 0.2) is 5.69 Å².